The van der Waals surface area contributed by atoms with Crippen LogP contribution in [0, 0.1) is 11.8 Å². The molecule has 2 rings (SSSR count). The fraction of sp³-hybridized carbons (Fsp3) is 0.857. The van der Waals surface area contributed by atoms with Crippen LogP contribution in [0.2, 0.25) is 0 Å². The van der Waals surface area contributed by atoms with Gasteiger partial charge in [-0.15, -0.1) is 0 Å². The summed E-state index contributed by atoms with van der Waals surface area (Å²) in [6, 6.07) is 0. The molecule has 0 aromatic rings. The second-order valence-electron chi connectivity index (χ2n) is 5.80. The van der Waals surface area contributed by atoms with Gasteiger partial charge in [0.2, 0.25) is 5.91 Å². The highest BCUT2D eigenvalue weighted by Crippen LogP contribution is 2.29. The zero-order valence-electron chi connectivity index (χ0n) is 10.9. The van der Waals surface area contributed by atoms with E-state index in [0.29, 0.717) is 18.9 Å². The summed E-state index contributed by atoms with van der Waals surface area (Å²) in [4.78, 5) is 24.8. The number of carboxylic acids is 1. The van der Waals surface area contributed by atoms with E-state index in [-0.39, 0.29) is 18.2 Å². The van der Waals surface area contributed by atoms with Gasteiger partial charge in [0.1, 0.15) is 0 Å². The van der Waals surface area contributed by atoms with Gasteiger partial charge in [-0.1, -0.05) is 12.8 Å². The van der Waals surface area contributed by atoms with Crippen molar-refractivity contribution in [1.29, 1.82) is 0 Å². The first-order valence-corrected chi connectivity index (χ1v) is 7.14. The van der Waals surface area contributed by atoms with Crippen molar-refractivity contribution in [2.24, 2.45) is 11.8 Å². The van der Waals surface area contributed by atoms with Gasteiger partial charge in [0.15, 0.2) is 0 Å². The Morgan fingerprint density at radius 1 is 1.00 bits per heavy atom. The maximum Gasteiger partial charge on any atom is 0.303 e. The van der Waals surface area contributed by atoms with Gasteiger partial charge in [0, 0.05) is 25.9 Å². The zero-order valence-corrected chi connectivity index (χ0v) is 10.9. The molecule has 1 heterocycles. The average molecular weight is 253 g/mol. The number of nitrogens with zero attached hydrogens (tertiary/aromatic N) is 1. The summed E-state index contributed by atoms with van der Waals surface area (Å²) >= 11 is 0. The van der Waals surface area contributed by atoms with Gasteiger partial charge in [0.05, 0.1) is 0 Å². The number of likely N-dealkylation sites (tertiary alicyclic amines) is 1. The molecular formula is C14H23NO3. The molecule has 1 saturated carbocycles. The second kappa shape index (κ2) is 6.21. The van der Waals surface area contributed by atoms with Crippen LogP contribution in [0.5, 0.6) is 0 Å². The van der Waals surface area contributed by atoms with E-state index in [1.54, 1.807) is 0 Å². The molecule has 4 nitrogen and oxygen atoms in total. The van der Waals surface area contributed by atoms with E-state index in [4.69, 9.17) is 5.11 Å². The van der Waals surface area contributed by atoms with Crippen molar-refractivity contribution in [2.45, 2.75) is 51.4 Å². The van der Waals surface area contributed by atoms with Gasteiger partial charge in [0.25, 0.3) is 0 Å². The van der Waals surface area contributed by atoms with Crippen LogP contribution < -0.4 is 0 Å². The summed E-state index contributed by atoms with van der Waals surface area (Å²) in [6.45, 7) is 1.47. The molecule has 1 aliphatic heterocycles. The maximum atomic E-state index is 12.2. The van der Waals surface area contributed by atoms with E-state index < -0.39 is 5.97 Å². The van der Waals surface area contributed by atoms with E-state index in [2.05, 4.69) is 0 Å². The highest BCUT2D eigenvalue weighted by atomic mass is 16.4. The molecule has 1 atom stereocenters. The molecular weight excluding hydrogens is 230 g/mol. The van der Waals surface area contributed by atoms with Crippen molar-refractivity contribution >= 4 is 11.9 Å². The number of carbonyl (C=O) groups is 2. The summed E-state index contributed by atoms with van der Waals surface area (Å²) in [5.41, 5.74) is 0. The monoisotopic (exact) mass is 253 g/mol. The summed E-state index contributed by atoms with van der Waals surface area (Å²) in [5, 5.41) is 8.82. The minimum absolute atomic E-state index is 0.156. The second-order valence-corrected chi connectivity index (χ2v) is 5.80. The van der Waals surface area contributed by atoms with Crippen LogP contribution in [0.1, 0.15) is 51.4 Å². The van der Waals surface area contributed by atoms with Gasteiger partial charge in [-0.05, 0) is 37.5 Å². The molecule has 0 bridgehead atoms. The van der Waals surface area contributed by atoms with E-state index in [0.717, 1.165) is 19.4 Å². The number of amides is 1. The molecule has 0 radical (unpaired) electrons. The Bertz CT molecular complexity index is 310. The van der Waals surface area contributed by atoms with Crippen LogP contribution in [0.3, 0.4) is 0 Å². The minimum Gasteiger partial charge on any atom is -0.481 e. The van der Waals surface area contributed by atoms with Crippen LogP contribution in [-0.4, -0.2) is 35.0 Å². The topological polar surface area (TPSA) is 57.6 Å². The third-order valence-corrected chi connectivity index (χ3v) is 4.27. The predicted molar refractivity (Wildman–Crippen MR) is 68.1 cm³/mol. The lowest BCUT2D eigenvalue weighted by atomic mass is 9.94. The normalized spacial score (nSPS) is 25.3. The Labute approximate surface area is 108 Å². The Kier molecular flexibility index (Phi) is 4.61. The van der Waals surface area contributed by atoms with E-state index in [9.17, 15) is 9.59 Å². The Hall–Kier alpha value is -1.06. The number of carbonyl (C=O) groups excluding carboxylic acids is 1. The van der Waals surface area contributed by atoms with Crippen LogP contribution >= 0.6 is 0 Å². The summed E-state index contributed by atoms with van der Waals surface area (Å²) in [7, 11) is 0. The van der Waals surface area contributed by atoms with Gasteiger partial charge in [-0.25, -0.2) is 0 Å². The maximum absolute atomic E-state index is 12.2. The van der Waals surface area contributed by atoms with Crippen molar-refractivity contribution in [3.8, 4) is 0 Å². The quantitative estimate of drug-likeness (QED) is 0.836. The molecule has 1 unspecified atom stereocenters. The SMILES string of the molecule is O=C(O)CC1CCCN(C(=O)CC2CCCC2)C1. The molecule has 1 N–H and O–H groups in total. The molecule has 0 aromatic heterocycles. The molecule has 1 saturated heterocycles. The first kappa shape index (κ1) is 13.4. The number of hydrogen-bond donors (Lipinski definition) is 1. The molecule has 2 fully saturated rings. The van der Waals surface area contributed by atoms with Crippen molar-refractivity contribution in [1.82, 2.24) is 4.90 Å². The zero-order chi connectivity index (χ0) is 13.0. The third kappa shape index (κ3) is 3.72. The van der Waals surface area contributed by atoms with Gasteiger partial charge in [-0.2, -0.15) is 0 Å². The molecule has 0 aromatic carbocycles. The Morgan fingerprint density at radius 3 is 2.33 bits per heavy atom. The van der Waals surface area contributed by atoms with Gasteiger partial charge in [-0.3, -0.25) is 9.59 Å². The first-order valence-electron chi connectivity index (χ1n) is 7.14. The van der Waals surface area contributed by atoms with Crippen molar-refractivity contribution < 1.29 is 14.7 Å². The summed E-state index contributed by atoms with van der Waals surface area (Å²) in [6.07, 6.45) is 7.69. The largest absolute Gasteiger partial charge is 0.481 e. The van der Waals surface area contributed by atoms with Crippen molar-refractivity contribution in [3.63, 3.8) is 0 Å². The standard InChI is InChI=1S/C14H23NO3/c16-13(8-11-4-1-2-5-11)15-7-3-6-12(10-15)9-14(17)18/h11-12H,1-10H2,(H,17,18). The van der Waals surface area contributed by atoms with Gasteiger partial charge < -0.3 is 10.0 Å². The number of rotatable bonds is 4. The smallest absolute Gasteiger partial charge is 0.303 e. The molecule has 1 aliphatic carbocycles. The van der Waals surface area contributed by atoms with Crippen LogP contribution in [0.4, 0.5) is 0 Å². The van der Waals surface area contributed by atoms with E-state index in [1.807, 2.05) is 4.90 Å². The molecule has 4 heteroatoms. The molecule has 0 spiro atoms. The molecule has 102 valence electrons. The molecule has 18 heavy (non-hydrogen) atoms. The highest BCUT2D eigenvalue weighted by molar-refractivity contribution is 5.76. The predicted octanol–water partition coefficient (Wildman–Crippen LogP) is 2.28. The fourth-order valence-corrected chi connectivity index (χ4v) is 3.30. The van der Waals surface area contributed by atoms with Crippen molar-refractivity contribution in [3.05, 3.63) is 0 Å². The fourth-order valence-electron chi connectivity index (χ4n) is 3.30. The molecule has 2 aliphatic rings. The lowest BCUT2D eigenvalue weighted by Crippen LogP contribution is -2.41. The molecule has 1 amide bonds. The lowest BCUT2D eigenvalue weighted by Gasteiger charge is -2.32. The number of carboxylic acid groups (broad SMARTS) is 1. The highest BCUT2D eigenvalue weighted by Gasteiger charge is 2.27. The Morgan fingerprint density at radius 2 is 1.67 bits per heavy atom. The number of piperidine rings is 1. The first-order chi connectivity index (χ1) is 8.65. The van der Waals surface area contributed by atoms with Crippen molar-refractivity contribution in [2.75, 3.05) is 13.1 Å². The number of aliphatic carboxylic acids is 1. The van der Waals surface area contributed by atoms with E-state index in [1.165, 1.54) is 25.7 Å². The summed E-state index contributed by atoms with van der Waals surface area (Å²) < 4.78 is 0. The van der Waals surface area contributed by atoms with E-state index >= 15 is 0 Å². The average Bonchev–Trinajstić information content (AvgIpc) is 2.81. The van der Waals surface area contributed by atoms with Crippen LogP contribution in [0.15, 0.2) is 0 Å². The minimum atomic E-state index is -0.745. The number of hydrogen-bond acceptors (Lipinski definition) is 2. The third-order valence-electron chi connectivity index (χ3n) is 4.27. The van der Waals surface area contributed by atoms with Crippen LogP contribution in [-0.2, 0) is 9.59 Å². The van der Waals surface area contributed by atoms with Crippen LogP contribution in [0.25, 0.3) is 0 Å². The van der Waals surface area contributed by atoms with Gasteiger partial charge >= 0.3 is 5.97 Å². The lowest BCUT2D eigenvalue weighted by molar-refractivity contribution is -0.141. The Balaban J connectivity index is 1.79. The summed E-state index contributed by atoms with van der Waals surface area (Å²) in [5.74, 6) is 0.239.